The molecule has 0 saturated carbocycles. The molecule has 106 valence electrons. The maximum atomic E-state index is 6.02. The Balaban J connectivity index is 1.92. The molecule has 3 rings (SSSR count). The first kappa shape index (κ1) is 13.8. The Labute approximate surface area is 131 Å². The normalized spacial score (nSPS) is 10.8. The Bertz CT molecular complexity index is 801. The maximum absolute atomic E-state index is 6.02. The minimum Gasteiger partial charge on any atom is -0.398 e. The topological polar surface area (TPSA) is 63.8 Å². The van der Waals surface area contributed by atoms with Crippen molar-refractivity contribution in [1.82, 2.24) is 9.97 Å². The average Bonchev–Trinajstić information content (AvgIpc) is 2.47. The van der Waals surface area contributed by atoms with Crippen LogP contribution in [0, 0.1) is 6.92 Å². The SMILES string of the molecule is Cc1cccc(CNc2ccc(N)c3cc(Br)cnc23)n1. The molecule has 0 unspecified atom stereocenters. The molecule has 4 nitrogen and oxygen atoms in total. The van der Waals surface area contributed by atoms with Crippen LogP contribution in [0.1, 0.15) is 11.4 Å². The summed E-state index contributed by atoms with van der Waals surface area (Å²) in [5.41, 5.74) is 10.6. The van der Waals surface area contributed by atoms with Gasteiger partial charge in [0.1, 0.15) is 0 Å². The number of nitrogens with zero attached hydrogens (tertiary/aromatic N) is 2. The van der Waals surface area contributed by atoms with E-state index in [1.807, 2.05) is 43.3 Å². The number of halogens is 1. The Morgan fingerprint density at radius 2 is 2.10 bits per heavy atom. The minimum absolute atomic E-state index is 0.651. The van der Waals surface area contributed by atoms with Crippen molar-refractivity contribution >= 4 is 38.2 Å². The lowest BCUT2D eigenvalue weighted by molar-refractivity contribution is 1.02. The van der Waals surface area contributed by atoms with Crippen LogP contribution in [0.15, 0.2) is 47.1 Å². The second-order valence-electron chi connectivity index (χ2n) is 4.88. The van der Waals surface area contributed by atoms with E-state index in [-0.39, 0.29) is 0 Å². The molecule has 5 heteroatoms. The van der Waals surface area contributed by atoms with Gasteiger partial charge in [-0.3, -0.25) is 9.97 Å². The lowest BCUT2D eigenvalue weighted by Gasteiger charge is -2.11. The van der Waals surface area contributed by atoms with Crippen molar-refractivity contribution in [3.63, 3.8) is 0 Å². The van der Waals surface area contributed by atoms with E-state index >= 15 is 0 Å². The van der Waals surface area contributed by atoms with Gasteiger partial charge in [0.05, 0.1) is 23.4 Å². The smallest absolute Gasteiger partial charge is 0.0954 e. The highest BCUT2D eigenvalue weighted by molar-refractivity contribution is 9.10. The van der Waals surface area contributed by atoms with Crippen molar-refractivity contribution in [2.24, 2.45) is 0 Å². The molecule has 0 amide bonds. The van der Waals surface area contributed by atoms with Crippen LogP contribution in [-0.2, 0) is 6.54 Å². The number of nitrogens with one attached hydrogen (secondary N) is 1. The van der Waals surface area contributed by atoms with Crippen molar-refractivity contribution in [2.75, 3.05) is 11.1 Å². The molecular weight excluding hydrogens is 328 g/mol. The molecule has 21 heavy (non-hydrogen) atoms. The molecule has 1 aromatic carbocycles. The van der Waals surface area contributed by atoms with Gasteiger partial charge in [0.2, 0.25) is 0 Å². The zero-order valence-corrected chi connectivity index (χ0v) is 13.2. The molecule has 0 aliphatic heterocycles. The Morgan fingerprint density at radius 3 is 2.90 bits per heavy atom. The number of nitrogen functional groups attached to an aromatic ring is 1. The van der Waals surface area contributed by atoms with Crippen LogP contribution in [0.25, 0.3) is 10.9 Å². The number of rotatable bonds is 3. The number of hydrogen-bond donors (Lipinski definition) is 2. The van der Waals surface area contributed by atoms with Gasteiger partial charge < -0.3 is 11.1 Å². The summed E-state index contributed by atoms with van der Waals surface area (Å²) in [6.45, 7) is 2.64. The number of benzene rings is 1. The predicted octanol–water partition coefficient (Wildman–Crippen LogP) is 3.90. The van der Waals surface area contributed by atoms with Gasteiger partial charge in [0.15, 0.2) is 0 Å². The summed E-state index contributed by atoms with van der Waals surface area (Å²) in [4.78, 5) is 8.95. The monoisotopic (exact) mass is 342 g/mol. The van der Waals surface area contributed by atoms with Crippen LogP contribution in [0.2, 0.25) is 0 Å². The first-order chi connectivity index (χ1) is 10.1. The summed E-state index contributed by atoms with van der Waals surface area (Å²) >= 11 is 3.43. The molecule has 0 bridgehead atoms. The molecular formula is C16H15BrN4. The molecule has 0 radical (unpaired) electrons. The fraction of sp³-hybridized carbons (Fsp3) is 0.125. The van der Waals surface area contributed by atoms with E-state index in [0.29, 0.717) is 6.54 Å². The van der Waals surface area contributed by atoms with Crippen molar-refractivity contribution in [3.05, 3.63) is 58.5 Å². The van der Waals surface area contributed by atoms with Gasteiger partial charge in [0, 0.05) is 27.4 Å². The average molecular weight is 343 g/mol. The quantitative estimate of drug-likeness (QED) is 0.708. The molecule has 0 saturated heterocycles. The predicted molar refractivity (Wildman–Crippen MR) is 90.2 cm³/mol. The van der Waals surface area contributed by atoms with Gasteiger partial charge in [-0.05, 0) is 53.2 Å². The summed E-state index contributed by atoms with van der Waals surface area (Å²) in [5, 5.41) is 4.32. The summed E-state index contributed by atoms with van der Waals surface area (Å²) in [6, 6.07) is 11.8. The molecule has 2 aromatic heterocycles. The standard InChI is InChI=1S/C16H15BrN4/c1-10-3-2-4-12(21-10)9-19-15-6-5-14(18)13-7-11(17)8-20-16(13)15/h2-8,19H,9,18H2,1H3. The molecule has 0 spiro atoms. The van der Waals surface area contributed by atoms with Crippen molar-refractivity contribution in [2.45, 2.75) is 13.5 Å². The van der Waals surface area contributed by atoms with Crippen molar-refractivity contribution < 1.29 is 0 Å². The Kier molecular flexibility index (Phi) is 3.75. The van der Waals surface area contributed by atoms with Crippen LogP contribution >= 0.6 is 15.9 Å². The van der Waals surface area contributed by atoms with E-state index in [1.165, 1.54) is 0 Å². The third-order valence-corrected chi connectivity index (χ3v) is 3.69. The molecule has 0 aliphatic carbocycles. The zero-order chi connectivity index (χ0) is 14.8. The van der Waals surface area contributed by atoms with Gasteiger partial charge in [-0.1, -0.05) is 6.07 Å². The van der Waals surface area contributed by atoms with Gasteiger partial charge >= 0.3 is 0 Å². The molecule has 2 heterocycles. The van der Waals surface area contributed by atoms with Gasteiger partial charge in [0.25, 0.3) is 0 Å². The fourth-order valence-corrected chi connectivity index (χ4v) is 2.57. The Hall–Kier alpha value is -2.14. The molecule has 0 fully saturated rings. The number of aryl methyl sites for hydroxylation is 1. The second-order valence-corrected chi connectivity index (χ2v) is 5.79. The number of nitrogens with two attached hydrogens (primary N) is 1. The fourth-order valence-electron chi connectivity index (χ4n) is 2.24. The van der Waals surface area contributed by atoms with E-state index in [0.717, 1.165) is 38.1 Å². The van der Waals surface area contributed by atoms with Crippen molar-refractivity contribution in [3.8, 4) is 0 Å². The van der Waals surface area contributed by atoms with E-state index in [2.05, 4.69) is 31.2 Å². The third-order valence-electron chi connectivity index (χ3n) is 3.26. The van der Waals surface area contributed by atoms with E-state index in [1.54, 1.807) is 6.20 Å². The number of fused-ring (bicyclic) bond motifs is 1. The first-order valence-corrected chi connectivity index (χ1v) is 7.43. The molecule has 3 N–H and O–H groups in total. The lowest BCUT2D eigenvalue weighted by atomic mass is 10.1. The lowest BCUT2D eigenvalue weighted by Crippen LogP contribution is -2.03. The van der Waals surface area contributed by atoms with Crippen LogP contribution < -0.4 is 11.1 Å². The molecule has 0 atom stereocenters. The number of aromatic nitrogens is 2. The summed E-state index contributed by atoms with van der Waals surface area (Å²) in [7, 11) is 0. The van der Waals surface area contributed by atoms with E-state index in [4.69, 9.17) is 5.73 Å². The third kappa shape index (κ3) is 2.97. The van der Waals surface area contributed by atoms with Gasteiger partial charge in [-0.15, -0.1) is 0 Å². The van der Waals surface area contributed by atoms with Gasteiger partial charge in [-0.25, -0.2) is 0 Å². The summed E-state index contributed by atoms with van der Waals surface area (Å²) in [6.07, 6.45) is 1.78. The molecule has 3 aromatic rings. The van der Waals surface area contributed by atoms with Crippen LogP contribution in [0.5, 0.6) is 0 Å². The number of hydrogen-bond acceptors (Lipinski definition) is 4. The van der Waals surface area contributed by atoms with Crippen LogP contribution in [0.3, 0.4) is 0 Å². The Morgan fingerprint density at radius 1 is 1.24 bits per heavy atom. The van der Waals surface area contributed by atoms with E-state index in [9.17, 15) is 0 Å². The minimum atomic E-state index is 0.651. The summed E-state index contributed by atoms with van der Waals surface area (Å²) < 4.78 is 0.916. The zero-order valence-electron chi connectivity index (χ0n) is 11.6. The second kappa shape index (κ2) is 5.69. The largest absolute Gasteiger partial charge is 0.398 e. The van der Waals surface area contributed by atoms with Crippen LogP contribution in [-0.4, -0.2) is 9.97 Å². The highest BCUT2D eigenvalue weighted by Crippen LogP contribution is 2.29. The highest BCUT2D eigenvalue weighted by Gasteiger charge is 2.06. The highest BCUT2D eigenvalue weighted by atomic mass is 79.9. The number of pyridine rings is 2. The molecule has 0 aliphatic rings. The first-order valence-electron chi connectivity index (χ1n) is 6.63. The van der Waals surface area contributed by atoms with E-state index < -0.39 is 0 Å². The van der Waals surface area contributed by atoms with Crippen molar-refractivity contribution in [1.29, 1.82) is 0 Å². The number of anilines is 2. The van der Waals surface area contributed by atoms with Gasteiger partial charge in [-0.2, -0.15) is 0 Å². The maximum Gasteiger partial charge on any atom is 0.0954 e. The van der Waals surface area contributed by atoms with Crippen LogP contribution in [0.4, 0.5) is 11.4 Å². The summed E-state index contributed by atoms with van der Waals surface area (Å²) in [5.74, 6) is 0.